The highest BCUT2D eigenvalue weighted by Crippen LogP contribution is 2.62. The molecule has 1 N–H and O–H groups in total. The van der Waals surface area contributed by atoms with Gasteiger partial charge in [0.05, 0.1) is 0 Å². The van der Waals surface area contributed by atoms with Crippen LogP contribution in [0.1, 0.15) is 62.5 Å². The van der Waals surface area contributed by atoms with Gasteiger partial charge in [0.2, 0.25) is 0 Å². The van der Waals surface area contributed by atoms with Crippen molar-refractivity contribution in [1.29, 1.82) is 0 Å². The molecule has 4 unspecified atom stereocenters. The lowest BCUT2D eigenvalue weighted by Crippen LogP contribution is -2.44. The molecule has 0 saturated heterocycles. The van der Waals surface area contributed by atoms with E-state index in [9.17, 15) is 14.0 Å². The number of hydrogen-bond acceptors (Lipinski definition) is 2. The van der Waals surface area contributed by atoms with E-state index >= 15 is 0 Å². The van der Waals surface area contributed by atoms with E-state index in [1.165, 1.54) is 5.56 Å². The number of aliphatic carboxylic acids is 1. The lowest BCUT2D eigenvalue weighted by Gasteiger charge is -2.50. The van der Waals surface area contributed by atoms with Crippen LogP contribution in [-0.2, 0) is 16.0 Å². The van der Waals surface area contributed by atoms with Crippen LogP contribution in [0.5, 0.6) is 0 Å². The minimum Gasteiger partial charge on any atom is -0.481 e. The molecule has 4 heteroatoms. The maximum atomic E-state index is 13.6. The van der Waals surface area contributed by atoms with E-state index in [1.807, 2.05) is 6.07 Å². The number of carboxylic acid groups (broad SMARTS) is 1. The molecule has 4 rings (SSSR count). The van der Waals surface area contributed by atoms with Gasteiger partial charge in [-0.1, -0.05) is 13.0 Å². The Labute approximate surface area is 147 Å². The summed E-state index contributed by atoms with van der Waals surface area (Å²) in [7, 11) is 0. The number of fused-ring (bicyclic) bond motifs is 5. The van der Waals surface area contributed by atoms with Crippen LogP contribution < -0.4 is 0 Å². The molecule has 0 amide bonds. The average molecular weight is 344 g/mol. The van der Waals surface area contributed by atoms with Gasteiger partial charge >= 0.3 is 5.97 Å². The van der Waals surface area contributed by atoms with E-state index in [4.69, 9.17) is 5.11 Å². The van der Waals surface area contributed by atoms with E-state index in [2.05, 4.69) is 6.92 Å². The van der Waals surface area contributed by atoms with Gasteiger partial charge in [-0.3, -0.25) is 9.59 Å². The quantitative estimate of drug-likeness (QED) is 0.887. The SMILES string of the molecule is C[C@]12CCC3c4ccc(F)cc4CCC3C1C(CCC(=O)O)CC2=O. The maximum absolute atomic E-state index is 13.6. The van der Waals surface area contributed by atoms with Gasteiger partial charge in [0.25, 0.3) is 0 Å². The zero-order valence-corrected chi connectivity index (χ0v) is 14.6. The van der Waals surface area contributed by atoms with E-state index in [0.29, 0.717) is 30.5 Å². The minimum absolute atomic E-state index is 0.143. The summed E-state index contributed by atoms with van der Waals surface area (Å²) in [4.78, 5) is 23.8. The summed E-state index contributed by atoms with van der Waals surface area (Å²) < 4.78 is 13.6. The van der Waals surface area contributed by atoms with Crippen LogP contribution in [0, 0.1) is 29.0 Å². The molecule has 0 bridgehead atoms. The molecule has 3 aliphatic rings. The second-order valence-corrected chi connectivity index (χ2v) is 8.45. The number of halogens is 1. The number of carbonyl (C=O) groups is 2. The van der Waals surface area contributed by atoms with Crippen molar-refractivity contribution in [1.82, 2.24) is 0 Å². The van der Waals surface area contributed by atoms with Crippen molar-refractivity contribution in [2.75, 3.05) is 0 Å². The Bertz CT molecular complexity index is 728. The Morgan fingerprint density at radius 3 is 2.92 bits per heavy atom. The number of benzene rings is 1. The first-order valence-electron chi connectivity index (χ1n) is 9.43. The van der Waals surface area contributed by atoms with Crippen LogP contribution >= 0.6 is 0 Å². The summed E-state index contributed by atoms with van der Waals surface area (Å²) in [5.41, 5.74) is 2.09. The number of rotatable bonds is 3. The van der Waals surface area contributed by atoms with Gasteiger partial charge in [0.15, 0.2) is 0 Å². The molecule has 5 atom stereocenters. The third kappa shape index (κ3) is 2.61. The molecule has 25 heavy (non-hydrogen) atoms. The molecule has 1 aromatic carbocycles. The molecule has 0 aromatic heterocycles. The maximum Gasteiger partial charge on any atom is 0.303 e. The van der Waals surface area contributed by atoms with E-state index in [-0.39, 0.29) is 29.5 Å². The van der Waals surface area contributed by atoms with Crippen molar-refractivity contribution >= 4 is 11.8 Å². The van der Waals surface area contributed by atoms with Gasteiger partial charge < -0.3 is 5.11 Å². The summed E-state index contributed by atoms with van der Waals surface area (Å²) in [6, 6.07) is 5.16. The van der Waals surface area contributed by atoms with Crippen LogP contribution in [0.3, 0.4) is 0 Å². The zero-order chi connectivity index (χ0) is 17.8. The predicted molar refractivity (Wildman–Crippen MR) is 91.8 cm³/mol. The number of hydrogen-bond donors (Lipinski definition) is 1. The van der Waals surface area contributed by atoms with Crippen LogP contribution in [-0.4, -0.2) is 16.9 Å². The van der Waals surface area contributed by atoms with E-state index in [1.54, 1.807) is 12.1 Å². The first kappa shape index (κ1) is 16.7. The molecule has 2 saturated carbocycles. The lowest BCUT2D eigenvalue weighted by molar-refractivity contribution is -0.137. The van der Waals surface area contributed by atoms with Gasteiger partial charge in [0.1, 0.15) is 11.6 Å². The zero-order valence-electron chi connectivity index (χ0n) is 14.6. The van der Waals surface area contributed by atoms with Gasteiger partial charge in [-0.25, -0.2) is 4.39 Å². The summed E-state index contributed by atoms with van der Waals surface area (Å²) >= 11 is 0. The smallest absolute Gasteiger partial charge is 0.303 e. The second-order valence-electron chi connectivity index (χ2n) is 8.45. The van der Waals surface area contributed by atoms with Gasteiger partial charge in [0, 0.05) is 18.3 Å². The fraction of sp³-hybridized carbons (Fsp3) is 0.619. The first-order valence-corrected chi connectivity index (χ1v) is 9.43. The molecule has 2 fully saturated rings. The molecule has 0 spiro atoms. The van der Waals surface area contributed by atoms with Crippen LogP contribution in [0.15, 0.2) is 18.2 Å². The monoisotopic (exact) mass is 344 g/mol. The largest absolute Gasteiger partial charge is 0.481 e. The van der Waals surface area contributed by atoms with E-state index in [0.717, 1.165) is 31.2 Å². The Balaban J connectivity index is 1.67. The fourth-order valence-corrected chi connectivity index (χ4v) is 6.18. The van der Waals surface area contributed by atoms with Crippen molar-refractivity contribution in [2.24, 2.45) is 23.2 Å². The van der Waals surface area contributed by atoms with Crippen molar-refractivity contribution in [3.63, 3.8) is 0 Å². The molecule has 3 nitrogen and oxygen atoms in total. The minimum atomic E-state index is -0.780. The number of Topliss-reactive ketones (excluding diaryl/α,β-unsaturated/α-hetero) is 1. The molecule has 134 valence electrons. The normalized spacial score (nSPS) is 36.5. The second kappa shape index (κ2) is 5.93. The number of ketones is 1. The Morgan fingerprint density at radius 2 is 2.16 bits per heavy atom. The number of carbonyl (C=O) groups excluding carboxylic acids is 1. The Hall–Kier alpha value is -1.71. The van der Waals surface area contributed by atoms with E-state index < -0.39 is 5.97 Å². The van der Waals surface area contributed by atoms with Gasteiger partial charge in [-0.15, -0.1) is 0 Å². The molecule has 3 aliphatic carbocycles. The third-order valence-electron chi connectivity index (χ3n) is 7.26. The average Bonchev–Trinajstić information content (AvgIpc) is 2.83. The lowest BCUT2D eigenvalue weighted by atomic mass is 9.54. The molecular formula is C21H25FO3. The number of aryl methyl sites for hydroxylation is 1. The topological polar surface area (TPSA) is 54.4 Å². The molecule has 1 aromatic rings. The molecular weight excluding hydrogens is 319 g/mol. The summed E-state index contributed by atoms with van der Waals surface area (Å²) in [5, 5.41) is 9.07. The summed E-state index contributed by atoms with van der Waals surface area (Å²) in [5.74, 6) is 0.643. The van der Waals surface area contributed by atoms with Gasteiger partial charge in [-0.2, -0.15) is 0 Å². The molecule has 0 radical (unpaired) electrons. The van der Waals surface area contributed by atoms with Crippen molar-refractivity contribution < 1.29 is 19.1 Å². The predicted octanol–water partition coefficient (Wildman–Crippen LogP) is 4.34. The van der Waals surface area contributed by atoms with Gasteiger partial charge in [-0.05, 0) is 79.0 Å². The number of carboxylic acids is 1. The molecule has 0 aliphatic heterocycles. The van der Waals surface area contributed by atoms with Crippen molar-refractivity contribution in [3.05, 3.63) is 35.1 Å². The molecule has 0 heterocycles. The fourth-order valence-electron chi connectivity index (χ4n) is 6.18. The van der Waals surface area contributed by atoms with Crippen LogP contribution in [0.4, 0.5) is 4.39 Å². The first-order chi connectivity index (χ1) is 11.9. The Kier molecular flexibility index (Phi) is 3.97. The Morgan fingerprint density at radius 1 is 1.36 bits per heavy atom. The third-order valence-corrected chi connectivity index (χ3v) is 7.26. The standard InChI is InChI=1S/C21H25FO3/c1-21-9-8-16-15-6-4-14(22)10-12(15)2-5-17(16)20(21)13(11-18(21)23)3-7-19(24)25/h4,6,10,13,16-17,20H,2-3,5,7-9,11H2,1H3,(H,24,25)/t13?,16?,17?,20?,21-/m1/s1. The van der Waals surface area contributed by atoms with Crippen LogP contribution in [0.2, 0.25) is 0 Å². The van der Waals surface area contributed by atoms with Crippen LogP contribution in [0.25, 0.3) is 0 Å². The van der Waals surface area contributed by atoms with Crippen molar-refractivity contribution in [3.8, 4) is 0 Å². The summed E-state index contributed by atoms with van der Waals surface area (Å²) in [6.07, 6.45) is 4.98. The highest BCUT2D eigenvalue weighted by atomic mass is 19.1. The summed E-state index contributed by atoms with van der Waals surface area (Å²) in [6.45, 7) is 2.11. The highest BCUT2D eigenvalue weighted by Gasteiger charge is 2.58. The van der Waals surface area contributed by atoms with Crippen molar-refractivity contribution in [2.45, 2.75) is 57.8 Å². The highest BCUT2D eigenvalue weighted by molar-refractivity contribution is 5.87.